The van der Waals surface area contributed by atoms with Crippen molar-refractivity contribution in [3.05, 3.63) is 66.5 Å². The van der Waals surface area contributed by atoms with Gasteiger partial charge in [0.25, 0.3) is 0 Å². The third kappa shape index (κ3) is 3.61. The number of methoxy groups -OCH3 is 1. The topological polar surface area (TPSA) is 89.5 Å². The number of hydrogen-bond donors (Lipinski definition) is 2. The van der Waals surface area contributed by atoms with Crippen LogP contribution in [-0.2, 0) is 20.9 Å². The van der Waals surface area contributed by atoms with E-state index < -0.39 is 17.9 Å². The van der Waals surface area contributed by atoms with Gasteiger partial charge >= 0.3 is 0 Å². The number of rotatable bonds is 6. The van der Waals surface area contributed by atoms with Crippen LogP contribution in [0.25, 0.3) is 0 Å². The zero-order chi connectivity index (χ0) is 19.5. The lowest BCUT2D eigenvalue weighted by atomic mass is 9.81. The second-order valence-corrected chi connectivity index (χ2v) is 6.80. The minimum Gasteiger partial charge on any atom is -0.497 e. The molecule has 4 rings (SSSR count). The molecule has 7 nitrogen and oxygen atoms in total. The smallest absolute Gasteiger partial charge is 0.231 e. The average molecular weight is 379 g/mol. The maximum absolute atomic E-state index is 12.9. The molecule has 1 aromatic carbocycles. The van der Waals surface area contributed by atoms with Crippen LogP contribution < -0.4 is 15.4 Å². The second kappa shape index (κ2) is 7.82. The van der Waals surface area contributed by atoms with Gasteiger partial charge in [-0.25, -0.2) is 0 Å². The number of anilines is 1. The molecule has 0 radical (unpaired) electrons. The van der Waals surface area contributed by atoms with Gasteiger partial charge in [0.15, 0.2) is 0 Å². The van der Waals surface area contributed by atoms with Gasteiger partial charge in [0.2, 0.25) is 11.8 Å². The van der Waals surface area contributed by atoms with Crippen LogP contribution in [0.4, 0.5) is 5.69 Å². The number of aromatic nitrogens is 1. The first kappa shape index (κ1) is 18.2. The van der Waals surface area contributed by atoms with Crippen LogP contribution in [0.2, 0.25) is 0 Å². The van der Waals surface area contributed by atoms with E-state index in [2.05, 4.69) is 15.6 Å². The van der Waals surface area contributed by atoms with E-state index in [-0.39, 0.29) is 17.9 Å². The average Bonchev–Trinajstić information content (AvgIpc) is 3.34. The minimum atomic E-state index is -0.588. The van der Waals surface area contributed by atoms with Crippen molar-refractivity contribution in [2.45, 2.75) is 18.8 Å². The summed E-state index contributed by atoms with van der Waals surface area (Å²) in [5.41, 5.74) is 1.51. The third-order valence-corrected chi connectivity index (χ3v) is 5.03. The Bertz CT molecular complexity index is 900. The number of hydrogen-bond acceptors (Lipinski definition) is 5. The van der Waals surface area contributed by atoms with Crippen molar-refractivity contribution in [2.75, 3.05) is 12.4 Å². The van der Waals surface area contributed by atoms with E-state index in [1.807, 2.05) is 24.3 Å². The van der Waals surface area contributed by atoms with E-state index in [1.165, 1.54) is 0 Å². The molecule has 2 aromatic rings. The van der Waals surface area contributed by atoms with E-state index in [0.29, 0.717) is 18.0 Å². The lowest BCUT2D eigenvalue weighted by Gasteiger charge is -2.23. The molecule has 3 heterocycles. The summed E-state index contributed by atoms with van der Waals surface area (Å²) in [5, 5.41) is 5.78. The molecule has 0 unspecified atom stereocenters. The highest BCUT2D eigenvalue weighted by Crippen LogP contribution is 2.40. The molecule has 1 aromatic heterocycles. The van der Waals surface area contributed by atoms with Crippen molar-refractivity contribution < 1.29 is 19.1 Å². The van der Waals surface area contributed by atoms with Crippen molar-refractivity contribution in [3.63, 3.8) is 0 Å². The van der Waals surface area contributed by atoms with Crippen LogP contribution in [-0.4, -0.2) is 36.1 Å². The number of amides is 2. The van der Waals surface area contributed by atoms with Crippen LogP contribution >= 0.6 is 0 Å². The first-order valence-electron chi connectivity index (χ1n) is 9.11. The maximum atomic E-state index is 12.9. The SMILES string of the molecule is COc1cccc(NC(=O)[C@@H]2[C@@H](C(=O)NCc3cccnc3)[C@H]3C=C[C@H]2O3)c1. The molecule has 1 fully saturated rings. The number of benzene rings is 1. The Morgan fingerprint density at radius 1 is 1.11 bits per heavy atom. The first-order chi connectivity index (χ1) is 13.7. The highest BCUT2D eigenvalue weighted by atomic mass is 16.5. The monoisotopic (exact) mass is 379 g/mol. The number of nitrogens with one attached hydrogen (secondary N) is 2. The standard InChI is InChI=1S/C21H21N3O4/c1-27-15-6-2-5-14(10-15)24-21(26)19-17-8-7-16(28-17)18(19)20(25)23-12-13-4-3-9-22-11-13/h2-11,16-19H,12H2,1H3,(H,23,25)(H,24,26)/t16-,17-,18+,19+/m1/s1. The molecule has 144 valence electrons. The van der Waals surface area contributed by atoms with E-state index in [4.69, 9.17) is 9.47 Å². The van der Waals surface area contributed by atoms with Gasteiger partial charge in [0.05, 0.1) is 31.2 Å². The highest BCUT2D eigenvalue weighted by molar-refractivity contribution is 5.97. The van der Waals surface area contributed by atoms with Gasteiger partial charge in [0, 0.05) is 30.7 Å². The highest BCUT2D eigenvalue weighted by Gasteiger charge is 2.52. The van der Waals surface area contributed by atoms with Crippen LogP contribution in [0.1, 0.15) is 5.56 Å². The Morgan fingerprint density at radius 2 is 1.89 bits per heavy atom. The summed E-state index contributed by atoms with van der Waals surface area (Å²) in [7, 11) is 1.57. The van der Waals surface area contributed by atoms with Gasteiger partial charge in [-0.15, -0.1) is 0 Å². The molecule has 2 aliphatic rings. The van der Waals surface area contributed by atoms with E-state index in [0.717, 1.165) is 5.56 Å². The van der Waals surface area contributed by atoms with Crippen LogP contribution in [0.15, 0.2) is 60.9 Å². The fourth-order valence-electron chi connectivity index (χ4n) is 3.67. The Balaban J connectivity index is 1.46. The van der Waals surface area contributed by atoms with E-state index >= 15 is 0 Å². The predicted octanol–water partition coefficient (Wildman–Crippen LogP) is 1.91. The lowest BCUT2D eigenvalue weighted by Crippen LogP contribution is -2.44. The van der Waals surface area contributed by atoms with Crippen molar-refractivity contribution in [1.82, 2.24) is 10.3 Å². The predicted molar refractivity (Wildman–Crippen MR) is 102 cm³/mol. The van der Waals surface area contributed by atoms with E-state index in [1.54, 1.807) is 43.8 Å². The number of pyridine rings is 1. The fraction of sp³-hybridized carbons (Fsp3) is 0.286. The largest absolute Gasteiger partial charge is 0.497 e. The number of carbonyl (C=O) groups is 2. The van der Waals surface area contributed by atoms with Gasteiger partial charge in [-0.2, -0.15) is 0 Å². The number of ether oxygens (including phenoxy) is 2. The zero-order valence-electron chi connectivity index (χ0n) is 15.4. The molecule has 0 aliphatic carbocycles. The molecule has 0 spiro atoms. The number of fused-ring (bicyclic) bond motifs is 2. The van der Waals surface area contributed by atoms with Gasteiger partial charge in [-0.3, -0.25) is 14.6 Å². The van der Waals surface area contributed by atoms with Crippen molar-refractivity contribution in [1.29, 1.82) is 0 Å². The molecule has 1 saturated heterocycles. The summed E-state index contributed by atoms with van der Waals surface area (Å²) in [6.45, 7) is 0.356. The molecule has 4 atom stereocenters. The Kier molecular flexibility index (Phi) is 5.08. The van der Waals surface area contributed by atoms with Crippen molar-refractivity contribution >= 4 is 17.5 Å². The van der Waals surface area contributed by atoms with Gasteiger partial charge in [-0.05, 0) is 23.8 Å². The van der Waals surface area contributed by atoms with E-state index in [9.17, 15) is 9.59 Å². The molecule has 0 saturated carbocycles. The Hall–Kier alpha value is -3.19. The number of nitrogens with zero attached hydrogens (tertiary/aromatic N) is 1. The molecule has 2 aliphatic heterocycles. The normalized spacial score (nSPS) is 24.8. The van der Waals surface area contributed by atoms with Gasteiger partial charge in [0.1, 0.15) is 5.75 Å². The minimum absolute atomic E-state index is 0.202. The van der Waals surface area contributed by atoms with Crippen molar-refractivity contribution in [3.8, 4) is 5.75 Å². The lowest BCUT2D eigenvalue weighted by molar-refractivity contribution is -0.131. The molecule has 2 amide bonds. The molecular formula is C21H21N3O4. The summed E-state index contributed by atoms with van der Waals surface area (Å²) in [6, 6.07) is 10.8. The summed E-state index contributed by atoms with van der Waals surface area (Å²) in [5.74, 6) is -0.960. The van der Waals surface area contributed by atoms with Crippen LogP contribution in [0.3, 0.4) is 0 Å². The fourth-order valence-corrected chi connectivity index (χ4v) is 3.67. The molecule has 7 heteroatoms. The summed E-state index contributed by atoms with van der Waals surface area (Å²) >= 11 is 0. The maximum Gasteiger partial charge on any atom is 0.231 e. The van der Waals surface area contributed by atoms with Crippen LogP contribution in [0.5, 0.6) is 5.75 Å². The van der Waals surface area contributed by atoms with Crippen LogP contribution in [0, 0.1) is 11.8 Å². The third-order valence-electron chi connectivity index (χ3n) is 5.03. The van der Waals surface area contributed by atoms with Gasteiger partial charge < -0.3 is 20.1 Å². The molecule has 2 N–H and O–H groups in total. The quantitative estimate of drug-likeness (QED) is 0.749. The molecular weight excluding hydrogens is 358 g/mol. The van der Waals surface area contributed by atoms with Gasteiger partial charge in [-0.1, -0.05) is 24.3 Å². The Morgan fingerprint density at radius 3 is 2.61 bits per heavy atom. The number of carbonyl (C=O) groups excluding carboxylic acids is 2. The summed E-state index contributed by atoms with van der Waals surface area (Å²) in [4.78, 5) is 29.8. The first-order valence-corrected chi connectivity index (χ1v) is 9.11. The molecule has 28 heavy (non-hydrogen) atoms. The molecule has 2 bridgehead atoms. The summed E-state index contributed by atoms with van der Waals surface area (Å²) < 4.78 is 11.0. The second-order valence-electron chi connectivity index (χ2n) is 6.80. The zero-order valence-corrected chi connectivity index (χ0v) is 15.4. The summed E-state index contributed by atoms with van der Waals surface area (Å²) in [6.07, 6.45) is 6.30. The van der Waals surface area contributed by atoms with Crippen molar-refractivity contribution in [2.24, 2.45) is 11.8 Å². The Labute approximate surface area is 162 Å².